The Bertz CT molecular complexity index is 375. The third-order valence-electron chi connectivity index (χ3n) is 2.42. The van der Waals surface area contributed by atoms with E-state index in [0.717, 1.165) is 5.03 Å². The van der Waals surface area contributed by atoms with Crippen LogP contribution in [0.15, 0.2) is 29.3 Å². The lowest BCUT2D eigenvalue weighted by atomic mass is 10.1. The number of halogens is 1. The summed E-state index contributed by atoms with van der Waals surface area (Å²) in [5.41, 5.74) is 2.45. The summed E-state index contributed by atoms with van der Waals surface area (Å²) in [7, 11) is 2.08. The van der Waals surface area contributed by atoms with Gasteiger partial charge in [0.1, 0.15) is 5.37 Å². The van der Waals surface area contributed by atoms with E-state index in [1.54, 1.807) is 11.8 Å². The van der Waals surface area contributed by atoms with Crippen LogP contribution in [0.5, 0.6) is 0 Å². The van der Waals surface area contributed by atoms with Crippen LogP contribution in [0.25, 0.3) is 6.08 Å². The highest BCUT2D eigenvalue weighted by atomic mass is 35.5. The zero-order chi connectivity index (χ0) is 10.1. The average Bonchev–Trinajstić information content (AvgIpc) is 2.18. The van der Waals surface area contributed by atoms with E-state index in [4.69, 9.17) is 11.6 Å². The number of benzene rings is 1. The van der Waals surface area contributed by atoms with Gasteiger partial charge in [0.15, 0.2) is 0 Å². The number of hydrogen-bond acceptors (Lipinski definition) is 2. The SMILES string of the molecule is CSC1C(Cl)=Cc2ccccc2N1C. The van der Waals surface area contributed by atoms with Crippen LogP contribution in [0.3, 0.4) is 0 Å². The zero-order valence-corrected chi connectivity index (χ0v) is 9.77. The van der Waals surface area contributed by atoms with Gasteiger partial charge in [-0.3, -0.25) is 0 Å². The molecule has 0 saturated heterocycles. The van der Waals surface area contributed by atoms with E-state index in [-0.39, 0.29) is 5.37 Å². The van der Waals surface area contributed by atoms with Crippen molar-refractivity contribution in [1.82, 2.24) is 0 Å². The van der Waals surface area contributed by atoms with Crippen molar-refractivity contribution < 1.29 is 0 Å². The summed E-state index contributed by atoms with van der Waals surface area (Å²) in [4.78, 5) is 2.21. The molecule has 74 valence electrons. The molecule has 0 saturated carbocycles. The van der Waals surface area contributed by atoms with Gasteiger partial charge >= 0.3 is 0 Å². The molecule has 1 unspecified atom stereocenters. The van der Waals surface area contributed by atoms with Crippen LogP contribution in [0, 0.1) is 0 Å². The maximum Gasteiger partial charge on any atom is 0.111 e. The van der Waals surface area contributed by atoms with E-state index in [9.17, 15) is 0 Å². The fourth-order valence-electron chi connectivity index (χ4n) is 1.73. The van der Waals surface area contributed by atoms with Crippen molar-refractivity contribution >= 4 is 35.1 Å². The highest BCUT2D eigenvalue weighted by molar-refractivity contribution is 7.99. The number of thioether (sulfide) groups is 1. The summed E-state index contributed by atoms with van der Waals surface area (Å²) in [5, 5.41) is 1.16. The molecule has 1 aliphatic heterocycles. The van der Waals surface area contributed by atoms with Gasteiger partial charge in [-0.15, -0.1) is 11.8 Å². The van der Waals surface area contributed by atoms with Crippen LogP contribution < -0.4 is 4.90 Å². The molecule has 1 aromatic carbocycles. The second-order valence-electron chi connectivity index (χ2n) is 3.29. The van der Waals surface area contributed by atoms with Crippen LogP contribution in [-0.4, -0.2) is 18.7 Å². The molecule has 0 N–H and O–H groups in total. The van der Waals surface area contributed by atoms with Crippen molar-refractivity contribution in [2.75, 3.05) is 18.2 Å². The Morgan fingerprint density at radius 3 is 2.79 bits per heavy atom. The second kappa shape index (κ2) is 3.87. The first-order chi connectivity index (χ1) is 6.74. The van der Waals surface area contributed by atoms with Crippen molar-refractivity contribution in [2.24, 2.45) is 0 Å². The monoisotopic (exact) mass is 225 g/mol. The second-order valence-corrected chi connectivity index (χ2v) is 4.64. The maximum atomic E-state index is 6.20. The van der Waals surface area contributed by atoms with Gasteiger partial charge in [-0.1, -0.05) is 29.8 Å². The highest BCUT2D eigenvalue weighted by Crippen LogP contribution is 2.36. The van der Waals surface area contributed by atoms with Crippen molar-refractivity contribution in [1.29, 1.82) is 0 Å². The molecule has 0 aliphatic carbocycles. The molecule has 14 heavy (non-hydrogen) atoms. The van der Waals surface area contributed by atoms with Gasteiger partial charge in [0, 0.05) is 12.7 Å². The first-order valence-electron chi connectivity index (χ1n) is 4.46. The van der Waals surface area contributed by atoms with Gasteiger partial charge in [-0.25, -0.2) is 0 Å². The third kappa shape index (κ3) is 1.53. The maximum absolute atomic E-state index is 6.20. The molecule has 1 aliphatic rings. The lowest BCUT2D eigenvalue weighted by Gasteiger charge is -2.33. The molecule has 1 heterocycles. The van der Waals surface area contributed by atoms with Crippen LogP contribution >= 0.6 is 23.4 Å². The van der Waals surface area contributed by atoms with Crippen molar-refractivity contribution in [3.05, 3.63) is 34.9 Å². The Morgan fingerprint density at radius 2 is 2.07 bits per heavy atom. The Kier molecular flexibility index (Phi) is 2.75. The lowest BCUT2D eigenvalue weighted by Crippen LogP contribution is -2.31. The summed E-state index contributed by atoms with van der Waals surface area (Å²) < 4.78 is 0. The summed E-state index contributed by atoms with van der Waals surface area (Å²) >= 11 is 7.96. The number of likely N-dealkylation sites (N-methyl/N-ethyl adjacent to an activating group) is 1. The Labute approximate surface area is 93.7 Å². The van der Waals surface area contributed by atoms with Gasteiger partial charge < -0.3 is 4.90 Å². The van der Waals surface area contributed by atoms with E-state index in [1.165, 1.54) is 11.3 Å². The van der Waals surface area contributed by atoms with E-state index >= 15 is 0 Å². The Balaban J connectivity index is 2.50. The fraction of sp³-hybridized carbons (Fsp3) is 0.273. The minimum Gasteiger partial charge on any atom is -0.357 e. The predicted molar refractivity (Wildman–Crippen MR) is 66.0 cm³/mol. The molecule has 0 aromatic heterocycles. The van der Waals surface area contributed by atoms with Crippen LogP contribution in [0.2, 0.25) is 0 Å². The van der Waals surface area contributed by atoms with Crippen molar-refractivity contribution in [2.45, 2.75) is 5.37 Å². The van der Waals surface area contributed by atoms with Crippen molar-refractivity contribution in [3.8, 4) is 0 Å². The quantitative estimate of drug-likeness (QED) is 0.721. The first kappa shape index (κ1) is 9.94. The summed E-state index contributed by atoms with van der Waals surface area (Å²) in [6, 6.07) is 8.30. The molecule has 0 radical (unpaired) electrons. The molecule has 0 spiro atoms. The molecule has 2 rings (SSSR count). The molecule has 1 atom stereocenters. The first-order valence-corrected chi connectivity index (χ1v) is 6.12. The Morgan fingerprint density at radius 1 is 1.36 bits per heavy atom. The molecule has 0 amide bonds. The van der Waals surface area contributed by atoms with Gasteiger partial charge in [0.25, 0.3) is 0 Å². The van der Waals surface area contributed by atoms with E-state index in [2.05, 4.69) is 42.5 Å². The summed E-state index contributed by atoms with van der Waals surface area (Å²) in [5.74, 6) is 0. The zero-order valence-electron chi connectivity index (χ0n) is 8.20. The number of anilines is 1. The third-order valence-corrected chi connectivity index (χ3v) is 3.88. The van der Waals surface area contributed by atoms with E-state index in [1.807, 2.05) is 6.07 Å². The average molecular weight is 226 g/mol. The molecule has 0 bridgehead atoms. The fourth-order valence-corrected chi connectivity index (χ4v) is 2.99. The highest BCUT2D eigenvalue weighted by Gasteiger charge is 2.23. The normalized spacial score (nSPS) is 20.4. The predicted octanol–water partition coefficient (Wildman–Crippen LogP) is 3.41. The van der Waals surface area contributed by atoms with Gasteiger partial charge in [0.2, 0.25) is 0 Å². The molecular weight excluding hydrogens is 214 g/mol. The number of fused-ring (bicyclic) bond motifs is 1. The smallest absolute Gasteiger partial charge is 0.111 e. The largest absolute Gasteiger partial charge is 0.357 e. The lowest BCUT2D eigenvalue weighted by molar-refractivity contribution is 0.955. The molecule has 3 heteroatoms. The molecule has 1 nitrogen and oxygen atoms in total. The topological polar surface area (TPSA) is 3.24 Å². The molecule has 0 fully saturated rings. The minimum absolute atomic E-state index is 0.256. The number of para-hydroxylation sites is 1. The van der Waals surface area contributed by atoms with Crippen LogP contribution in [0.4, 0.5) is 5.69 Å². The van der Waals surface area contributed by atoms with E-state index < -0.39 is 0 Å². The summed E-state index contributed by atoms with van der Waals surface area (Å²) in [6.45, 7) is 0. The Hall–Kier alpha value is -0.600. The van der Waals surface area contributed by atoms with Crippen LogP contribution in [-0.2, 0) is 0 Å². The van der Waals surface area contributed by atoms with Gasteiger partial charge in [-0.05, 0) is 24.0 Å². The van der Waals surface area contributed by atoms with Gasteiger partial charge in [0.05, 0.1) is 5.03 Å². The number of nitrogens with zero attached hydrogens (tertiary/aromatic N) is 1. The number of rotatable bonds is 1. The van der Waals surface area contributed by atoms with Gasteiger partial charge in [-0.2, -0.15) is 0 Å². The molecular formula is C11H12ClNS. The summed E-state index contributed by atoms with van der Waals surface area (Å²) in [6.07, 6.45) is 4.13. The van der Waals surface area contributed by atoms with Crippen molar-refractivity contribution in [3.63, 3.8) is 0 Å². The molecule has 1 aromatic rings. The standard InChI is InChI=1S/C11H12ClNS/c1-13-10-6-4-3-5-8(10)7-9(12)11(13)14-2/h3-7,11H,1-2H3. The van der Waals surface area contributed by atoms with Crippen LogP contribution in [0.1, 0.15) is 5.56 Å². The minimum atomic E-state index is 0.256. The number of hydrogen-bond donors (Lipinski definition) is 0. The van der Waals surface area contributed by atoms with E-state index in [0.29, 0.717) is 0 Å².